The average Bonchev–Trinajstić information content (AvgIpc) is 3.40. The van der Waals surface area contributed by atoms with Crippen LogP contribution in [0.1, 0.15) is 114 Å². The highest BCUT2D eigenvalue weighted by Crippen LogP contribution is 2.72. The van der Waals surface area contributed by atoms with Gasteiger partial charge in [-0.15, -0.1) is 0 Å². The normalized spacial score (nSPS) is 48.7. The van der Waals surface area contributed by atoms with E-state index < -0.39 is 5.60 Å². The molecule has 10 rings (SSSR count). The van der Waals surface area contributed by atoms with E-state index in [0.717, 1.165) is 50.2 Å². The average molecular weight is 770 g/mol. The lowest BCUT2D eigenvalue weighted by atomic mass is 9.46. The lowest BCUT2D eigenvalue weighted by molar-refractivity contribution is -0.193. The zero-order chi connectivity index (χ0) is 36.8. The summed E-state index contributed by atoms with van der Waals surface area (Å²) in [7, 11) is 4.14. The van der Waals surface area contributed by atoms with Gasteiger partial charge in [-0.1, -0.05) is 89.5 Å². The van der Waals surface area contributed by atoms with Crippen molar-refractivity contribution in [2.75, 3.05) is 18.8 Å². The molecule has 5 aliphatic carbocycles. The summed E-state index contributed by atoms with van der Waals surface area (Å²) in [4.78, 5) is 2.89. The van der Waals surface area contributed by atoms with Crippen LogP contribution in [-0.4, -0.2) is 62.9 Å². The van der Waals surface area contributed by atoms with Gasteiger partial charge in [-0.2, -0.15) is 0 Å². The first-order chi connectivity index (χ1) is 26.2. The molecule has 0 spiro atoms. The standard InChI is InChI=1S/C48H67NO3S2/c1-47-34-12-8-14-38-44-37(39(45(38)47)24-43(51)42(47)23-35(50)22-34)19-20-41-40(44)26-49-25-30-16-18-31(17-15-29-9-4-3-5-10-29)36-13-7-6-11-32(36)27-53-54-28-33(21-30)46(49)48(41,2)52/h3-7,9-11,13,30-31,33-35,37-46,50-52H,8,12,14-28H2,1-2H3. The summed E-state index contributed by atoms with van der Waals surface area (Å²) in [5.41, 5.74) is 4.05. The minimum absolute atomic E-state index is 0.145. The zero-order valence-electron chi connectivity index (χ0n) is 33.0. The van der Waals surface area contributed by atoms with Crippen LogP contribution in [0.3, 0.4) is 0 Å². The van der Waals surface area contributed by atoms with E-state index in [0.29, 0.717) is 65.1 Å². The first kappa shape index (κ1) is 37.3. The third kappa shape index (κ3) is 6.14. The van der Waals surface area contributed by atoms with Crippen LogP contribution in [0, 0.1) is 70.5 Å². The van der Waals surface area contributed by atoms with Crippen molar-refractivity contribution >= 4 is 21.6 Å². The summed E-state index contributed by atoms with van der Waals surface area (Å²) >= 11 is 0. The minimum Gasteiger partial charge on any atom is -0.393 e. The van der Waals surface area contributed by atoms with Crippen LogP contribution in [0.25, 0.3) is 0 Å². The van der Waals surface area contributed by atoms with Crippen LogP contribution in [0.5, 0.6) is 0 Å². The number of nitrogens with zero attached hydrogens (tertiary/aromatic N) is 1. The number of aryl methyl sites for hydroxylation is 1. The number of benzene rings is 2. The Hall–Kier alpha value is -1.02. The van der Waals surface area contributed by atoms with Crippen LogP contribution >= 0.6 is 21.6 Å². The monoisotopic (exact) mass is 769 g/mol. The van der Waals surface area contributed by atoms with Gasteiger partial charge in [0, 0.05) is 30.6 Å². The Morgan fingerprint density at radius 1 is 0.759 bits per heavy atom. The van der Waals surface area contributed by atoms with E-state index in [1.54, 1.807) is 5.56 Å². The maximum absolute atomic E-state index is 13.1. The van der Waals surface area contributed by atoms with Crippen molar-refractivity contribution in [1.29, 1.82) is 0 Å². The van der Waals surface area contributed by atoms with Gasteiger partial charge in [-0.25, -0.2) is 0 Å². The largest absolute Gasteiger partial charge is 0.393 e. The van der Waals surface area contributed by atoms with Crippen molar-refractivity contribution in [3.8, 4) is 0 Å². The van der Waals surface area contributed by atoms with E-state index in [1.165, 1.54) is 69.0 Å². The Morgan fingerprint density at radius 3 is 2.46 bits per heavy atom. The summed E-state index contributed by atoms with van der Waals surface area (Å²) in [6.07, 6.45) is 14.6. The lowest BCUT2D eigenvalue weighted by Crippen LogP contribution is -2.70. The van der Waals surface area contributed by atoms with Crippen LogP contribution in [0.15, 0.2) is 54.6 Å². The Bertz CT molecular complexity index is 1640. The second kappa shape index (κ2) is 14.7. The SMILES string of the molecule is CC1(O)C2CCC3C4CC(O)C5CC(O)CC6CCCC(C3C2CN2CC3CCC(CCc7ccccc7)c7ccccc7CSSCC(C3)C21)C4C65C. The van der Waals surface area contributed by atoms with E-state index in [1.807, 2.05) is 0 Å². The number of aliphatic hydroxyl groups excluding tert-OH is 2. The second-order valence-corrected chi connectivity index (χ2v) is 23.0. The molecule has 17 atom stereocenters. The molecule has 5 saturated carbocycles. The molecule has 2 bridgehead atoms. The molecule has 0 amide bonds. The molecule has 2 saturated heterocycles. The molecule has 0 aromatic heterocycles. The van der Waals surface area contributed by atoms with Gasteiger partial charge in [0.15, 0.2) is 0 Å². The van der Waals surface area contributed by atoms with Gasteiger partial charge in [0.1, 0.15) is 0 Å². The molecule has 2 aromatic rings. The lowest BCUT2D eigenvalue weighted by Gasteiger charge is -2.62. The molecule has 54 heavy (non-hydrogen) atoms. The molecular weight excluding hydrogens is 703 g/mol. The van der Waals surface area contributed by atoms with Crippen LogP contribution in [0.4, 0.5) is 0 Å². The number of fused-ring (bicyclic) bond motifs is 10. The predicted molar refractivity (Wildman–Crippen MR) is 223 cm³/mol. The van der Waals surface area contributed by atoms with Gasteiger partial charge in [-0.3, -0.25) is 4.90 Å². The third-order valence-corrected chi connectivity index (χ3v) is 20.6. The summed E-state index contributed by atoms with van der Waals surface area (Å²) in [5.74, 6) is 9.10. The molecule has 17 unspecified atom stereocenters. The first-order valence-electron chi connectivity index (χ1n) is 22.4. The van der Waals surface area contributed by atoms with Gasteiger partial charge in [0.05, 0.1) is 17.8 Å². The molecule has 3 N–H and O–H groups in total. The Kier molecular flexibility index (Phi) is 10.1. The number of hydrogen-bond acceptors (Lipinski definition) is 6. The van der Waals surface area contributed by atoms with E-state index in [2.05, 4.69) is 94.9 Å². The van der Waals surface area contributed by atoms with Gasteiger partial charge in [-0.05, 0) is 177 Å². The fourth-order valence-electron chi connectivity index (χ4n) is 16.5. The molecule has 7 fully saturated rings. The smallest absolute Gasteiger partial charge is 0.0808 e. The second-order valence-electron chi connectivity index (χ2n) is 20.5. The molecule has 8 aliphatic rings. The van der Waals surface area contributed by atoms with Crippen LogP contribution < -0.4 is 0 Å². The fraction of sp³-hybridized carbons (Fsp3) is 0.750. The van der Waals surface area contributed by atoms with Crippen LogP contribution in [-0.2, 0) is 12.2 Å². The predicted octanol–water partition coefficient (Wildman–Crippen LogP) is 9.61. The van der Waals surface area contributed by atoms with Crippen molar-refractivity contribution in [1.82, 2.24) is 4.90 Å². The maximum atomic E-state index is 13.1. The van der Waals surface area contributed by atoms with Crippen LogP contribution in [0.2, 0.25) is 0 Å². The number of piperidine rings is 2. The van der Waals surface area contributed by atoms with Crippen molar-refractivity contribution in [3.05, 3.63) is 71.3 Å². The Balaban J connectivity index is 0.938. The highest BCUT2D eigenvalue weighted by atomic mass is 33.1. The quantitative estimate of drug-likeness (QED) is 0.271. The number of aliphatic hydroxyl groups is 3. The molecule has 6 heteroatoms. The topological polar surface area (TPSA) is 63.9 Å². The van der Waals surface area contributed by atoms with Gasteiger partial charge < -0.3 is 15.3 Å². The minimum atomic E-state index is -0.668. The van der Waals surface area contributed by atoms with Crippen molar-refractivity contribution < 1.29 is 15.3 Å². The Labute approximate surface area is 333 Å². The molecule has 0 radical (unpaired) electrons. The molecule has 4 nitrogen and oxygen atoms in total. The molecule has 3 aliphatic heterocycles. The Morgan fingerprint density at radius 2 is 1.59 bits per heavy atom. The van der Waals surface area contributed by atoms with Gasteiger partial charge in [0.25, 0.3) is 0 Å². The van der Waals surface area contributed by atoms with E-state index in [9.17, 15) is 15.3 Å². The molecule has 3 heterocycles. The van der Waals surface area contributed by atoms with Crippen molar-refractivity contribution in [2.24, 2.45) is 70.5 Å². The van der Waals surface area contributed by atoms with Gasteiger partial charge >= 0.3 is 0 Å². The molecular formula is C48H67NO3S2. The zero-order valence-corrected chi connectivity index (χ0v) is 34.6. The van der Waals surface area contributed by atoms with Crippen molar-refractivity contribution in [3.63, 3.8) is 0 Å². The third-order valence-electron chi connectivity index (χ3n) is 18.2. The highest BCUT2D eigenvalue weighted by molar-refractivity contribution is 8.76. The summed E-state index contributed by atoms with van der Waals surface area (Å²) in [6, 6.07) is 20.7. The summed E-state index contributed by atoms with van der Waals surface area (Å²) in [6.45, 7) is 7.21. The van der Waals surface area contributed by atoms with E-state index in [4.69, 9.17) is 0 Å². The highest BCUT2D eigenvalue weighted by Gasteiger charge is 2.70. The fourth-order valence-corrected chi connectivity index (χ4v) is 19.0. The summed E-state index contributed by atoms with van der Waals surface area (Å²) < 4.78 is 0. The molecule has 294 valence electrons. The van der Waals surface area contributed by atoms with E-state index in [-0.39, 0.29) is 29.6 Å². The van der Waals surface area contributed by atoms with Gasteiger partial charge in [0.2, 0.25) is 0 Å². The van der Waals surface area contributed by atoms with Crippen molar-refractivity contribution in [2.45, 2.75) is 133 Å². The molecule has 2 aromatic carbocycles. The van der Waals surface area contributed by atoms with E-state index >= 15 is 0 Å². The first-order valence-corrected chi connectivity index (χ1v) is 24.9. The summed E-state index contributed by atoms with van der Waals surface area (Å²) in [5, 5.41) is 36.0. The maximum Gasteiger partial charge on any atom is 0.0808 e. The number of hydrogen-bond donors (Lipinski definition) is 3. The number of rotatable bonds is 3.